The van der Waals surface area contributed by atoms with Gasteiger partial charge >= 0.3 is 0 Å². The van der Waals surface area contributed by atoms with Crippen LogP contribution in [0.5, 0.6) is 5.75 Å². The first-order chi connectivity index (χ1) is 13.3. The molecule has 2 heterocycles. The van der Waals surface area contributed by atoms with Gasteiger partial charge in [-0.25, -0.2) is 8.42 Å². The maximum Gasteiger partial charge on any atom is 0.255 e. The zero-order chi connectivity index (χ0) is 20.3. The van der Waals surface area contributed by atoms with Crippen LogP contribution in [0.3, 0.4) is 0 Å². The van der Waals surface area contributed by atoms with Gasteiger partial charge in [0.1, 0.15) is 5.75 Å². The number of carbonyl (C=O) groups excluding carboxylic acids is 1. The van der Waals surface area contributed by atoms with E-state index in [4.69, 9.17) is 21.7 Å². The number of aromatic amines is 1. The minimum absolute atomic E-state index is 0.0264. The van der Waals surface area contributed by atoms with Gasteiger partial charge in [0.2, 0.25) is 10.0 Å². The van der Waals surface area contributed by atoms with Crippen LogP contribution in [0, 0.1) is 4.77 Å². The molecule has 1 fully saturated rings. The summed E-state index contributed by atoms with van der Waals surface area (Å²) in [7, 11) is -0.589. The molecule has 1 saturated heterocycles. The number of methoxy groups -OCH3 is 1. The maximum absolute atomic E-state index is 12.9. The van der Waals surface area contributed by atoms with Gasteiger partial charge in [-0.2, -0.15) is 9.40 Å². The van der Waals surface area contributed by atoms with Crippen LogP contribution in [0.2, 0.25) is 0 Å². The van der Waals surface area contributed by atoms with E-state index in [2.05, 4.69) is 15.5 Å². The zero-order valence-corrected chi connectivity index (χ0v) is 17.1. The molecule has 1 aromatic carbocycles. The number of carbonyl (C=O) groups is 1. The van der Waals surface area contributed by atoms with E-state index in [-0.39, 0.29) is 35.8 Å². The summed E-state index contributed by atoms with van der Waals surface area (Å²) in [5, 5.41) is 9.37. The lowest BCUT2D eigenvalue weighted by atomic mass is 10.2. The van der Waals surface area contributed by atoms with Gasteiger partial charge in [-0.3, -0.25) is 9.89 Å². The van der Waals surface area contributed by atoms with Crippen molar-refractivity contribution in [1.29, 1.82) is 0 Å². The van der Waals surface area contributed by atoms with E-state index in [1.54, 1.807) is 11.6 Å². The first-order valence-corrected chi connectivity index (χ1v) is 10.3. The standard InChI is InChI=1S/C16H21N5O5S2/c1-20-14(18-19-16(20)27)10-17-15(22)12-9-11(3-4-13(12)25-2)28(23,24)21-5-7-26-8-6-21/h3-4,9H,5-8,10H2,1-2H3,(H,17,22)(H,19,27). The predicted octanol–water partition coefficient (Wildman–Crippen LogP) is 0.437. The number of rotatable bonds is 6. The van der Waals surface area contributed by atoms with Gasteiger partial charge in [0.25, 0.3) is 5.91 Å². The predicted molar refractivity (Wildman–Crippen MR) is 102 cm³/mol. The van der Waals surface area contributed by atoms with E-state index in [0.717, 1.165) is 0 Å². The molecule has 0 saturated carbocycles. The molecular weight excluding hydrogens is 406 g/mol. The second-order valence-corrected chi connectivity index (χ2v) is 8.39. The third-order valence-corrected chi connectivity index (χ3v) is 6.66. The number of hydrogen-bond acceptors (Lipinski definition) is 7. The van der Waals surface area contributed by atoms with Crippen LogP contribution >= 0.6 is 12.2 Å². The van der Waals surface area contributed by atoms with E-state index in [1.165, 1.54) is 29.6 Å². The lowest BCUT2D eigenvalue weighted by Gasteiger charge is -2.26. The Hall–Kier alpha value is -2.28. The topological polar surface area (TPSA) is 119 Å². The van der Waals surface area contributed by atoms with Crippen LogP contribution in [0.25, 0.3) is 0 Å². The van der Waals surface area contributed by atoms with Gasteiger partial charge in [0, 0.05) is 20.1 Å². The average Bonchev–Trinajstić information content (AvgIpc) is 3.04. The van der Waals surface area contributed by atoms with Crippen LogP contribution < -0.4 is 10.1 Å². The molecule has 2 aromatic rings. The van der Waals surface area contributed by atoms with Crippen LogP contribution in [0.1, 0.15) is 16.2 Å². The Morgan fingerprint density at radius 1 is 1.39 bits per heavy atom. The molecule has 0 radical (unpaired) electrons. The molecule has 0 aliphatic carbocycles. The van der Waals surface area contributed by atoms with E-state index in [1.807, 2.05) is 0 Å². The molecule has 28 heavy (non-hydrogen) atoms. The third kappa shape index (κ3) is 4.09. The summed E-state index contributed by atoms with van der Waals surface area (Å²) >= 11 is 5.04. The molecule has 3 rings (SSSR count). The molecule has 1 aromatic heterocycles. The third-order valence-electron chi connectivity index (χ3n) is 4.40. The number of morpholine rings is 1. The van der Waals surface area contributed by atoms with Gasteiger partial charge < -0.3 is 19.4 Å². The summed E-state index contributed by atoms with van der Waals surface area (Å²) in [6, 6.07) is 4.22. The van der Waals surface area contributed by atoms with E-state index in [9.17, 15) is 13.2 Å². The summed E-state index contributed by atoms with van der Waals surface area (Å²) in [6.45, 7) is 1.35. The highest BCUT2D eigenvalue weighted by Crippen LogP contribution is 2.25. The van der Waals surface area contributed by atoms with Crippen LogP contribution in [-0.2, 0) is 28.4 Å². The van der Waals surface area contributed by atoms with Crippen molar-refractivity contribution in [1.82, 2.24) is 24.4 Å². The Morgan fingerprint density at radius 2 is 2.11 bits per heavy atom. The lowest BCUT2D eigenvalue weighted by Crippen LogP contribution is -2.40. The number of benzene rings is 1. The summed E-state index contributed by atoms with van der Waals surface area (Å²) in [5.74, 6) is 0.327. The second-order valence-electron chi connectivity index (χ2n) is 6.07. The van der Waals surface area contributed by atoms with Gasteiger partial charge in [-0.05, 0) is 30.4 Å². The van der Waals surface area contributed by atoms with Crippen molar-refractivity contribution in [3.05, 3.63) is 34.4 Å². The molecule has 2 N–H and O–H groups in total. The first kappa shape index (κ1) is 20.5. The number of sulfonamides is 1. The van der Waals surface area contributed by atoms with Crippen molar-refractivity contribution >= 4 is 28.1 Å². The highest BCUT2D eigenvalue weighted by molar-refractivity contribution is 7.89. The minimum atomic E-state index is -3.73. The molecular formula is C16H21N5O5S2. The smallest absolute Gasteiger partial charge is 0.255 e. The van der Waals surface area contributed by atoms with Gasteiger partial charge in [-0.15, -0.1) is 0 Å². The summed E-state index contributed by atoms with van der Waals surface area (Å²) in [6.07, 6.45) is 0. The summed E-state index contributed by atoms with van der Waals surface area (Å²) in [4.78, 5) is 12.7. The van der Waals surface area contributed by atoms with Crippen molar-refractivity contribution in [3.8, 4) is 5.75 Å². The van der Waals surface area contributed by atoms with Gasteiger partial charge in [0.15, 0.2) is 10.6 Å². The van der Waals surface area contributed by atoms with Crippen LogP contribution in [0.4, 0.5) is 0 Å². The second kappa shape index (κ2) is 8.39. The average molecular weight is 428 g/mol. The highest BCUT2D eigenvalue weighted by atomic mass is 32.2. The van der Waals surface area contributed by atoms with E-state index < -0.39 is 15.9 Å². The van der Waals surface area contributed by atoms with E-state index in [0.29, 0.717) is 23.8 Å². The Balaban J connectivity index is 1.85. The molecule has 1 aliphatic rings. The normalized spacial score (nSPS) is 15.4. The number of nitrogens with zero attached hydrogens (tertiary/aromatic N) is 3. The fourth-order valence-electron chi connectivity index (χ4n) is 2.75. The molecule has 152 valence electrons. The highest BCUT2D eigenvalue weighted by Gasteiger charge is 2.28. The largest absolute Gasteiger partial charge is 0.496 e. The Labute approximate surface area is 167 Å². The minimum Gasteiger partial charge on any atom is -0.496 e. The lowest BCUT2D eigenvalue weighted by molar-refractivity contribution is 0.0730. The van der Waals surface area contributed by atoms with Crippen molar-refractivity contribution in [2.24, 2.45) is 7.05 Å². The van der Waals surface area contributed by atoms with Crippen molar-refractivity contribution < 1.29 is 22.7 Å². The Bertz CT molecular complexity index is 1020. The number of nitrogens with one attached hydrogen (secondary N) is 2. The number of aromatic nitrogens is 3. The van der Waals surface area contributed by atoms with Gasteiger partial charge in [-0.1, -0.05) is 0 Å². The number of ether oxygens (including phenoxy) is 2. The van der Waals surface area contributed by atoms with Gasteiger partial charge in [0.05, 0.1) is 37.3 Å². The number of amides is 1. The monoisotopic (exact) mass is 427 g/mol. The first-order valence-electron chi connectivity index (χ1n) is 8.49. The Morgan fingerprint density at radius 3 is 2.71 bits per heavy atom. The summed E-state index contributed by atoms with van der Waals surface area (Å²) in [5.41, 5.74) is 0.119. The quantitative estimate of drug-likeness (QED) is 0.642. The van der Waals surface area contributed by atoms with E-state index >= 15 is 0 Å². The molecule has 0 atom stereocenters. The van der Waals surface area contributed by atoms with Crippen LogP contribution in [0.15, 0.2) is 23.1 Å². The summed E-state index contributed by atoms with van der Waals surface area (Å²) < 4.78 is 39.6. The zero-order valence-electron chi connectivity index (χ0n) is 15.5. The molecule has 1 aliphatic heterocycles. The molecule has 0 unspecified atom stereocenters. The molecule has 0 bridgehead atoms. The fraction of sp³-hybridized carbons (Fsp3) is 0.438. The fourth-order valence-corrected chi connectivity index (χ4v) is 4.34. The van der Waals surface area contributed by atoms with Crippen molar-refractivity contribution in [2.75, 3.05) is 33.4 Å². The molecule has 1 amide bonds. The Kier molecular flexibility index (Phi) is 6.13. The number of H-pyrrole nitrogens is 1. The molecule has 10 nitrogen and oxygen atoms in total. The number of hydrogen-bond donors (Lipinski definition) is 2. The van der Waals surface area contributed by atoms with Crippen molar-refractivity contribution in [3.63, 3.8) is 0 Å². The molecule has 0 spiro atoms. The SMILES string of the molecule is COc1ccc(S(=O)(=O)N2CCOCC2)cc1C(=O)NCc1n[nH]c(=S)n1C. The maximum atomic E-state index is 12.9. The van der Waals surface area contributed by atoms with Crippen LogP contribution in [-0.4, -0.2) is 66.8 Å². The molecule has 12 heteroatoms. The van der Waals surface area contributed by atoms with Crippen molar-refractivity contribution in [2.45, 2.75) is 11.4 Å².